The molecule has 0 radical (unpaired) electrons. The molecule has 0 aliphatic rings. The van der Waals surface area contributed by atoms with Crippen LogP contribution < -0.4 is 9.47 Å². The van der Waals surface area contributed by atoms with Gasteiger partial charge in [0.1, 0.15) is 24.7 Å². The zero-order valence-corrected chi connectivity index (χ0v) is 36.9. The fourth-order valence-corrected chi connectivity index (χ4v) is 8.61. The second kappa shape index (κ2) is 20.5. The molecule has 0 saturated carbocycles. The summed E-state index contributed by atoms with van der Waals surface area (Å²) < 4.78 is 35.1. The topological polar surface area (TPSA) is 170 Å². The minimum absolute atomic E-state index is 0.0939. The number of fused-ring (bicyclic) bond motifs is 8. The molecule has 3 N–H and O–H groups in total. The smallest absolute Gasteiger partial charge is 0.303 e. The van der Waals surface area contributed by atoms with Gasteiger partial charge in [0.25, 0.3) is 0 Å². The van der Waals surface area contributed by atoms with E-state index in [-0.39, 0.29) is 32.0 Å². The molecule has 0 atom stereocenters. The quantitative estimate of drug-likeness (QED) is 0.0527. The summed E-state index contributed by atoms with van der Waals surface area (Å²) in [5, 5.41) is 18.4. The number of aliphatic carboxylic acids is 1. The highest BCUT2D eigenvalue weighted by Crippen LogP contribution is 2.39. The van der Waals surface area contributed by atoms with Gasteiger partial charge in [-0.2, -0.15) is 0 Å². The van der Waals surface area contributed by atoms with Crippen molar-refractivity contribution in [3.8, 4) is 11.5 Å². The maximum Gasteiger partial charge on any atom is 0.303 e. The molecule has 0 fully saturated rings. The van der Waals surface area contributed by atoms with Crippen molar-refractivity contribution in [2.24, 2.45) is 0 Å². The molecule has 334 valence electrons. The third kappa shape index (κ3) is 9.75. The number of ether oxygens (including phenoxy) is 6. The fourth-order valence-electron chi connectivity index (χ4n) is 8.61. The van der Waals surface area contributed by atoms with Gasteiger partial charge in [-0.3, -0.25) is 19.6 Å². The Morgan fingerprint density at radius 1 is 0.531 bits per heavy atom. The lowest BCUT2D eigenvalue weighted by molar-refractivity contribution is -0.141. The van der Waals surface area contributed by atoms with Gasteiger partial charge in [-0.25, -0.2) is 0 Å². The largest absolute Gasteiger partial charge is 0.491 e. The first-order chi connectivity index (χ1) is 31.2. The number of nitrogens with one attached hydrogen (secondary N) is 2. The van der Waals surface area contributed by atoms with Gasteiger partial charge in [0.05, 0.1) is 70.3 Å². The van der Waals surface area contributed by atoms with Gasteiger partial charge in [0.15, 0.2) is 0 Å². The number of aryl methyl sites for hydroxylation is 4. The van der Waals surface area contributed by atoms with Gasteiger partial charge in [0, 0.05) is 87.6 Å². The van der Waals surface area contributed by atoms with E-state index < -0.39 is 5.97 Å². The molecule has 4 aromatic carbocycles. The number of benzene rings is 4. The number of carboxylic acid groups (broad SMARTS) is 1. The first kappa shape index (κ1) is 44.3. The number of amides is 1. The lowest BCUT2D eigenvalue weighted by atomic mass is 9.97. The molecule has 0 saturated heterocycles. The van der Waals surface area contributed by atoms with E-state index in [1.165, 1.54) is 43.8 Å². The number of carboxylic acids is 1. The van der Waals surface area contributed by atoms with E-state index >= 15 is 0 Å². The van der Waals surface area contributed by atoms with Crippen LogP contribution in [0.1, 0.15) is 35.1 Å². The Labute approximate surface area is 370 Å². The van der Waals surface area contributed by atoms with Crippen LogP contribution in [0.4, 0.5) is 0 Å². The average Bonchev–Trinajstić information content (AvgIpc) is 3.89. The van der Waals surface area contributed by atoms with Crippen LogP contribution >= 0.6 is 0 Å². The highest BCUT2D eigenvalue weighted by Gasteiger charge is 2.18. The highest BCUT2D eigenvalue weighted by molar-refractivity contribution is 6.17. The predicted octanol–water partition coefficient (Wildman–Crippen LogP) is 8.50. The normalized spacial score (nSPS) is 11.8. The van der Waals surface area contributed by atoms with Gasteiger partial charge in [-0.15, -0.1) is 0 Å². The van der Waals surface area contributed by atoms with Crippen molar-refractivity contribution in [3.05, 3.63) is 95.6 Å². The van der Waals surface area contributed by atoms with Crippen molar-refractivity contribution in [2.75, 3.05) is 79.2 Å². The number of hydrogen-bond donors (Lipinski definition) is 3. The van der Waals surface area contributed by atoms with Crippen molar-refractivity contribution in [1.29, 1.82) is 0 Å². The van der Waals surface area contributed by atoms with Crippen molar-refractivity contribution >= 4 is 77.0 Å². The molecular weight excluding hydrogens is 815 g/mol. The molecule has 8 rings (SSSR count). The maximum absolute atomic E-state index is 12.8. The predicted molar refractivity (Wildman–Crippen MR) is 249 cm³/mol. The molecule has 1 amide bonds. The van der Waals surface area contributed by atoms with Gasteiger partial charge >= 0.3 is 5.97 Å². The summed E-state index contributed by atoms with van der Waals surface area (Å²) in [6, 6.07) is 16.3. The summed E-state index contributed by atoms with van der Waals surface area (Å²) in [6.07, 6.45) is 7.18. The van der Waals surface area contributed by atoms with Crippen LogP contribution in [-0.2, 0) is 28.5 Å². The Morgan fingerprint density at radius 2 is 0.969 bits per heavy atom. The van der Waals surface area contributed by atoms with Crippen LogP contribution in [-0.4, -0.2) is 121 Å². The van der Waals surface area contributed by atoms with E-state index in [0.29, 0.717) is 65.9 Å². The molecule has 0 spiro atoms. The number of carbonyl (C=O) groups excluding carboxylic acids is 1. The summed E-state index contributed by atoms with van der Waals surface area (Å²) in [7, 11) is 0. The molecule has 0 aliphatic heterocycles. The van der Waals surface area contributed by atoms with E-state index in [2.05, 4.69) is 71.9 Å². The first-order valence-corrected chi connectivity index (χ1v) is 21.8. The van der Waals surface area contributed by atoms with Crippen LogP contribution in [0, 0.1) is 27.7 Å². The number of aromatic amines is 2. The van der Waals surface area contributed by atoms with Crippen LogP contribution in [0.5, 0.6) is 11.5 Å². The summed E-state index contributed by atoms with van der Waals surface area (Å²) >= 11 is 0. The zero-order chi connectivity index (χ0) is 44.6. The Hall–Kier alpha value is -6.32. The van der Waals surface area contributed by atoms with Crippen molar-refractivity contribution in [1.82, 2.24) is 24.8 Å². The van der Waals surface area contributed by atoms with Crippen LogP contribution in [0.3, 0.4) is 0 Å². The van der Waals surface area contributed by atoms with E-state index in [1.807, 2.05) is 49.1 Å². The molecule has 4 aromatic heterocycles. The summed E-state index contributed by atoms with van der Waals surface area (Å²) in [4.78, 5) is 41.4. The third-order valence-electron chi connectivity index (χ3n) is 12.0. The standard InChI is InChI=1S/C50H55N5O9/c1-31-41-29-51-13-11-37(41)33(3)49-47(31)39-27-35(5-7-43(39)53-49)63-25-23-61-21-19-59-17-15-55(45(56)9-10-46(57)58)16-18-60-20-22-62-24-26-64-36-6-8-44-40(28-36)48-32(2)42-30-52-14-12-38(42)34(4)50(48)54-44/h5-8,11-14,27-30,53-54H,9-10,15-26H2,1-4H3,(H,57,58). The van der Waals surface area contributed by atoms with Gasteiger partial charge in [0.2, 0.25) is 5.91 Å². The van der Waals surface area contributed by atoms with E-state index in [1.54, 1.807) is 4.90 Å². The van der Waals surface area contributed by atoms with Crippen LogP contribution in [0.25, 0.3) is 65.2 Å². The SMILES string of the molecule is Cc1c2ccncc2c(C)c2c1[nH]c1ccc(OCCOCCOCCN(CCOCCOCCOc3ccc4[nH]c5c(C)c6ccncc6c(C)c5c4c3)C(=O)CCC(=O)O)cc12. The second-order valence-electron chi connectivity index (χ2n) is 15.9. The van der Waals surface area contributed by atoms with Crippen molar-refractivity contribution in [3.63, 3.8) is 0 Å². The third-order valence-corrected chi connectivity index (χ3v) is 12.0. The van der Waals surface area contributed by atoms with Crippen LogP contribution in [0.15, 0.2) is 73.3 Å². The Balaban J connectivity index is 0.711. The Kier molecular flexibility index (Phi) is 14.2. The molecule has 4 heterocycles. The molecule has 64 heavy (non-hydrogen) atoms. The van der Waals surface area contributed by atoms with Gasteiger partial charge in [-0.1, -0.05) is 0 Å². The molecular formula is C50H55N5O9. The van der Waals surface area contributed by atoms with E-state index in [4.69, 9.17) is 33.5 Å². The van der Waals surface area contributed by atoms with Crippen molar-refractivity contribution < 1.29 is 43.1 Å². The number of pyridine rings is 2. The number of rotatable bonds is 23. The lowest BCUT2D eigenvalue weighted by Gasteiger charge is -2.22. The Bertz CT molecular complexity index is 2760. The van der Waals surface area contributed by atoms with Gasteiger partial charge < -0.3 is 48.4 Å². The minimum Gasteiger partial charge on any atom is -0.491 e. The van der Waals surface area contributed by atoms with Gasteiger partial charge in [-0.05, 0) is 109 Å². The summed E-state index contributed by atoms with van der Waals surface area (Å²) in [5.74, 6) is 0.243. The maximum atomic E-state index is 12.8. The Morgan fingerprint density at radius 3 is 1.42 bits per heavy atom. The number of nitrogens with zero attached hydrogens (tertiary/aromatic N) is 3. The number of H-pyrrole nitrogens is 2. The summed E-state index contributed by atoms with van der Waals surface area (Å²) in [5.41, 5.74) is 9.13. The van der Waals surface area contributed by atoms with Crippen LogP contribution in [0.2, 0.25) is 0 Å². The molecule has 0 unspecified atom stereocenters. The summed E-state index contributed by atoms with van der Waals surface area (Å²) in [6.45, 7) is 12.6. The minimum atomic E-state index is -1.02. The van der Waals surface area contributed by atoms with Crippen molar-refractivity contribution in [2.45, 2.75) is 40.5 Å². The second-order valence-corrected chi connectivity index (χ2v) is 15.9. The number of aromatic nitrogens is 4. The molecule has 0 aliphatic carbocycles. The average molecular weight is 870 g/mol. The van der Waals surface area contributed by atoms with E-state index in [9.17, 15) is 9.59 Å². The first-order valence-electron chi connectivity index (χ1n) is 21.8. The lowest BCUT2D eigenvalue weighted by Crippen LogP contribution is -2.37. The number of hydrogen-bond acceptors (Lipinski definition) is 10. The van der Waals surface area contributed by atoms with E-state index in [0.717, 1.165) is 55.1 Å². The number of carbonyl (C=O) groups is 2. The fraction of sp³-hybridized carbons (Fsp3) is 0.360. The molecule has 0 bridgehead atoms. The molecule has 8 aromatic rings. The molecule has 14 heteroatoms. The molecule has 14 nitrogen and oxygen atoms in total. The monoisotopic (exact) mass is 869 g/mol. The highest BCUT2D eigenvalue weighted by atomic mass is 16.5. The zero-order valence-electron chi connectivity index (χ0n) is 36.9.